The highest BCUT2D eigenvalue weighted by atomic mass is 16.5. The lowest BCUT2D eigenvalue weighted by Crippen LogP contribution is -2.53. The minimum absolute atomic E-state index is 0.0518. The fourth-order valence-corrected chi connectivity index (χ4v) is 5.77. The third-order valence-electron chi connectivity index (χ3n) is 7.64. The number of ether oxygens (including phenoxy) is 2. The number of rotatable bonds is 1. The van der Waals surface area contributed by atoms with E-state index in [1.807, 2.05) is 18.2 Å². The van der Waals surface area contributed by atoms with Crippen LogP contribution in [-0.4, -0.2) is 91.0 Å². The topological polar surface area (TPSA) is 112 Å². The van der Waals surface area contributed by atoms with Crippen LogP contribution >= 0.6 is 0 Å². The molecule has 9 nitrogen and oxygen atoms in total. The smallest absolute Gasteiger partial charge is 0.255 e. The van der Waals surface area contributed by atoms with E-state index in [2.05, 4.69) is 20.9 Å². The lowest BCUT2D eigenvalue weighted by molar-refractivity contribution is -0.134. The van der Waals surface area contributed by atoms with Crippen LogP contribution in [0.4, 0.5) is 0 Å². The van der Waals surface area contributed by atoms with Crippen LogP contribution in [0.25, 0.3) is 0 Å². The third-order valence-corrected chi connectivity index (χ3v) is 7.64. The highest BCUT2D eigenvalue weighted by Gasteiger charge is 2.42. The highest BCUT2D eigenvalue weighted by Crippen LogP contribution is 2.28. The Morgan fingerprint density at radius 3 is 2.71 bits per heavy atom. The maximum atomic E-state index is 13.3. The van der Waals surface area contributed by atoms with Gasteiger partial charge in [-0.15, -0.1) is 0 Å². The SMILES string of the molecule is O=C1N[C@H]2C[C@@H](C(=O)NC[C@H]3O[C@H](CCOc4ccccc41)CC[C@@H]3O)N(C1CCNCC1)C2. The third kappa shape index (κ3) is 5.22. The molecule has 0 aliphatic carbocycles. The van der Waals surface area contributed by atoms with Crippen molar-refractivity contribution in [2.24, 2.45) is 0 Å². The van der Waals surface area contributed by atoms with Crippen molar-refractivity contribution in [3.8, 4) is 5.75 Å². The molecule has 0 aromatic heterocycles. The van der Waals surface area contributed by atoms with Crippen LogP contribution in [0, 0.1) is 0 Å². The number of carbonyl (C=O) groups is 2. The van der Waals surface area contributed by atoms with Gasteiger partial charge in [0.25, 0.3) is 5.91 Å². The summed E-state index contributed by atoms with van der Waals surface area (Å²) in [6.45, 7) is 3.20. The fourth-order valence-electron chi connectivity index (χ4n) is 5.77. The summed E-state index contributed by atoms with van der Waals surface area (Å²) in [5, 5.41) is 20.1. The molecule has 4 bridgehead atoms. The zero-order valence-electron chi connectivity index (χ0n) is 19.6. The second kappa shape index (κ2) is 10.6. The number of nitrogens with zero attached hydrogens (tertiary/aromatic N) is 1. The number of nitrogens with one attached hydrogen (secondary N) is 3. The number of hydrogen-bond donors (Lipinski definition) is 4. The first-order valence-corrected chi connectivity index (χ1v) is 12.7. The Labute approximate surface area is 200 Å². The van der Waals surface area contributed by atoms with Gasteiger partial charge in [0.05, 0.1) is 30.4 Å². The van der Waals surface area contributed by atoms with E-state index in [-0.39, 0.29) is 36.5 Å². The number of fused-ring (bicyclic) bond motifs is 5. The van der Waals surface area contributed by atoms with Gasteiger partial charge in [0, 0.05) is 31.6 Å². The van der Waals surface area contributed by atoms with Gasteiger partial charge in [0.2, 0.25) is 5.91 Å². The monoisotopic (exact) mass is 472 g/mol. The van der Waals surface area contributed by atoms with Crippen LogP contribution in [0.2, 0.25) is 0 Å². The van der Waals surface area contributed by atoms with Gasteiger partial charge in [-0.1, -0.05) is 12.1 Å². The summed E-state index contributed by atoms with van der Waals surface area (Å²) in [5.74, 6) is 0.335. The molecule has 0 saturated carbocycles. The van der Waals surface area contributed by atoms with E-state index in [1.165, 1.54) is 0 Å². The second-order valence-electron chi connectivity index (χ2n) is 9.92. The molecule has 4 heterocycles. The van der Waals surface area contributed by atoms with Crippen molar-refractivity contribution in [2.45, 2.75) is 75.0 Å². The first-order chi connectivity index (χ1) is 16.6. The molecule has 5 rings (SSSR count). The molecule has 3 saturated heterocycles. The van der Waals surface area contributed by atoms with E-state index >= 15 is 0 Å². The van der Waals surface area contributed by atoms with Crippen molar-refractivity contribution in [3.63, 3.8) is 0 Å². The van der Waals surface area contributed by atoms with Gasteiger partial charge in [0.15, 0.2) is 0 Å². The molecular weight excluding hydrogens is 436 g/mol. The molecular formula is C25H36N4O5. The van der Waals surface area contributed by atoms with Crippen molar-refractivity contribution >= 4 is 11.8 Å². The Morgan fingerprint density at radius 1 is 1.03 bits per heavy atom. The van der Waals surface area contributed by atoms with Gasteiger partial charge >= 0.3 is 0 Å². The Bertz CT molecular complexity index is 877. The molecule has 4 aliphatic rings. The molecule has 3 fully saturated rings. The van der Waals surface area contributed by atoms with Crippen molar-refractivity contribution in [2.75, 3.05) is 32.8 Å². The average Bonchev–Trinajstić information content (AvgIpc) is 3.28. The van der Waals surface area contributed by atoms with Crippen molar-refractivity contribution in [1.29, 1.82) is 0 Å². The minimum Gasteiger partial charge on any atom is -0.493 e. The van der Waals surface area contributed by atoms with Gasteiger partial charge in [-0.2, -0.15) is 0 Å². The van der Waals surface area contributed by atoms with Crippen molar-refractivity contribution < 1.29 is 24.2 Å². The maximum Gasteiger partial charge on any atom is 0.255 e. The number of aliphatic hydroxyl groups excluding tert-OH is 1. The fraction of sp³-hybridized carbons (Fsp3) is 0.680. The van der Waals surface area contributed by atoms with Crippen LogP contribution < -0.4 is 20.7 Å². The number of hydrogen-bond acceptors (Lipinski definition) is 7. The summed E-state index contributed by atoms with van der Waals surface area (Å²) in [4.78, 5) is 28.8. The first-order valence-electron chi connectivity index (χ1n) is 12.7. The molecule has 1 aromatic carbocycles. The lowest BCUT2D eigenvalue weighted by Gasteiger charge is -2.36. The molecule has 0 unspecified atom stereocenters. The Balaban J connectivity index is 1.39. The van der Waals surface area contributed by atoms with Crippen molar-refractivity contribution in [3.05, 3.63) is 29.8 Å². The van der Waals surface area contributed by atoms with Crippen molar-refractivity contribution in [1.82, 2.24) is 20.9 Å². The van der Waals surface area contributed by atoms with Gasteiger partial charge < -0.3 is 30.5 Å². The summed E-state index contributed by atoms with van der Waals surface area (Å²) in [5.41, 5.74) is 0.508. The number of amides is 2. The van der Waals surface area contributed by atoms with Crippen LogP contribution in [0.1, 0.15) is 48.9 Å². The molecule has 4 N–H and O–H groups in total. The quantitative estimate of drug-likeness (QED) is 0.469. The lowest BCUT2D eigenvalue weighted by atomic mass is 9.99. The summed E-state index contributed by atoms with van der Waals surface area (Å²) < 4.78 is 12.1. The van der Waals surface area contributed by atoms with Crippen LogP contribution in [0.15, 0.2) is 24.3 Å². The largest absolute Gasteiger partial charge is 0.493 e. The molecule has 5 atom stereocenters. The molecule has 2 amide bonds. The Hall–Kier alpha value is -2.20. The Kier molecular flexibility index (Phi) is 7.34. The molecule has 1 aromatic rings. The standard InChI is InChI=1S/C25H36N4O5/c30-21-6-5-18-9-12-33-22-4-2-1-3-19(22)24(31)28-16-13-20(25(32)27-14-23(21)34-18)29(15-16)17-7-10-26-11-8-17/h1-4,16-18,20-21,23,26,30H,5-15H2,(H,27,32)(H,28,31)/t16-,18-,20-,21-,23+/m0/s1. The predicted molar refractivity (Wildman–Crippen MR) is 126 cm³/mol. The summed E-state index contributed by atoms with van der Waals surface area (Å²) in [6.07, 6.45) is 3.48. The molecule has 186 valence electrons. The summed E-state index contributed by atoms with van der Waals surface area (Å²) >= 11 is 0. The number of aliphatic hydroxyl groups is 1. The number of likely N-dealkylation sites (tertiary alicyclic amines) is 1. The van der Waals surface area contributed by atoms with Crippen LogP contribution in [0.3, 0.4) is 0 Å². The van der Waals surface area contributed by atoms with Crippen LogP contribution in [-0.2, 0) is 9.53 Å². The molecule has 9 heteroatoms. The number of benzene rings is 1. The van der Waals surface area contributed by atoms with Gasteiger partial charge in [0.1, 0.15) is 11.9 Å². The van der Waals surface area contributed by atoms with E-state index in [0.29, 0.717) is 49.8 Å². The highest BCUT2D eigenvalue weighted by molar-refractivity contribution is 5.97. The normalized spacial score (nSPS) is 34.0. The van der Waals surface area contributed by atoms with Crippen LogP contribution in [0.5, 0.6) is 5.75 Å². The first kappa shape index (κ1) is 23.5. The van der Waals surface area contributed by atoms with E-state index < -0.39 is 12.2 Å². The van der Waals surface area contributed by atoms with Gasteiger partial charge in [-0.3, -0.25) is 14.5 Å². The maximum absolute atomic E-state index is 13.3. The zero-order valence-corrected chi connectivity index (χ0v) is 19.6. The average molecular weight is 473 g/mol. The van der Waals surface area contributed by atoms with E-state index in [1.54, 1.807) is 6.07 Å². The molecule has 0 spiro atoms. The Morgan fingerprint density at radius 2 is 1.85 bits per heavy atom. The minimum atomic E-state index is -0.590. The zero-order chi connectivity index (χ0) is 23.5. The summed E-state index contributed by atoms with van der Waals surface area (Å²) in [6, 6.07) is 7.16. The molecule has 34 heavy (non-hydrogen) atoms. The predicted octanol–water partition coefficient (Wildman–Crippen LogP) is 0.419. The number of para-hydroxylation sites is 1. The number of carbonyl (C=O) groups excluding carboxylic acids is 2. The second-order valence-corrected chi connectivity index (χ2v) is 9.92. The molecule has 0 radical (unpaired) electrons. The van der Waals surface area contributed by atoms with Gasteiger partial charge in [-0.25, -0.2) is 0 Å². The number of piperidine rings is 1. The van der Waals surface area contributed by atoms with E-state index in [0.717, 1.165) is 32.4 Å². The summed E-state index contributed by atoms with van der Waals surface area (Å²) in [7, 11) is 0. The van der Waals surface area contributed by atoms with Gasteiger partial charge in [-0.05, 0) is 57.3 Å². The van der Waals surface area contributed by atoms with E-state index in [9.17, 15) is 14.7 Å². The van der Waals surface area contributed by atoms with E-state index in [4.69, 9.17) is 9.47 Å². The molecule has 4 aliphatic heterocycles.